The molecule has 0 bridgehead atoms. The molecule has 0 radical (unpaired) electrons. The van der Waals surface area contributed by atoms with Crippen LogP contribution < -0.4 is 0 Å². The topological polar surface area (TPSA) is 31.4 Å². The van der Waals surface area contributed by atoms with Crippen molar-refractivity contribution in [3.63, 3.8) is 0 Å². The number of nitrogens with zero attached hydrogens (tertiary/aromatic N) is 1. The summed E-state index contributed by atoms with van der Waals surface area (Å²) in [6.07, 6.45) is 23.1. The average Bonchev–Trinajstić information content (AvgIpc) is 2.93. The number of rotatable bonds is 18. The highest BCUT2D eigenvalue weighted by Gasteiger charge is 2.23. The summed E-state index contributed by atoms with van der Waals surface area (Å²) in [7, 11) is 0. The molecule has 3 heteroatoms. The van der Waals surface area contributed by atoms with Crippen LogP contribution in [0.15, 0.2) is 42.6 Å². The molecule has 36 heavy (non-hydrogen) atoms. The first-order chi connectivity index (χ1) is 17.8. The lowest BCUT2D eigenvalue weighted by Crippen LogP contribution is -2.27. The van der Waals surface area contributed by atoms with Crippen LogP contribution in [0.4, 0.5) is 0 Å². The maximum absolute atomic E-state index is 6.07. The Labute approximate surface area is 221 Å². The zero-order valence-corrected chi connectivity index (χ0v) is 23.2. The van der Waals surface area contributed by atoms with Crippen LogP contribution in [-0.4, -0.2) is 18.2 Å². The molecule has 3 rings (SSSR count). The summed E-state index contributed by atoms with van der Waals surface area (Å²) in [5, 5.41) is 0. The van der Waals surface area contributed by atoms with Crippen LogP contribution in [-0.2, 0) is 15.9 Å². The Balaban J connectivity index is 1.32. The maximum Gasteiger partial charge on any atom is 0.185 e. The molecule has 0 unspecified atom stereocenters. The minimum atomic E-state index is -0.277. The molecule has 1 aromatic carbocycles. The van der Waals surface area contributed by atoms with Crippen molar-refractivity contribution in [3.05, 3.63) is 53.7 Å². The van der Waals surface area contributed by atoms with E-state index in [1.807, 2.05) is 6.20 Å². The molecule has 0 aliphatic carbocycles. The normalized spacial score (nSPS) is 17.9. The Morgan fingerprint density at radius 3 is 1.83 bits per heavy atom. The molecule has 3 nitrogen and oxygen atoms in total. The summed E-state index contributed by atoms with van der Waals surface area (Å²) < 4.78 is 12.1. The number of hydrogen-bond donors (Lipinski definition) is 0. The first-order valence-electron chi connectivity index (χ1n) is 15.1. The number of aromatic nitrogens is 1. The van der Waals surface area contributed by atoms with Crippen LogP contribution in [0.2, 0.25) is 0 Å². The average molecular weight is 494 g/mol. The van der Waals surface area contributed by atoms with Gasteiger partial charge in [0.1, 0.15) is 0 Å². The summed E-state index contributed by atoms with van der Waals surface area (Å²) in [6, 6.07) is 13.1. The molecule has 0 spiro atoms. The summed E-state index contributed by atoms with van der Waals surface area (Å²) in [4.78, 5) is 4.71. The quantitative estimate of drug-likeness (QED) is 0.194. The van der Waals surface area contributed by atoms with Gasteiger partial charge in [0.15, 0.2) is 6.29 Å². The van der Waals surface area contributed by atoms with Crippen molar-refractivity contribution in [1.29, 1.82) is 0 Å². The summed E-state index contributed by atoms with van der Waals surface area (Å²) >= 11 is 0. The lowest BCUT2D eigenvalue weighted by Gasteiger charge is -2.29. The van der Waals surface area contributed by atoms with Crippen LogP contribution in [0.3, 0.4) is 0 Å². The molecular formula is C33H51NO2. The monoisotopic (exact) mass is 493 g/mol. The van der Waals surface area contributed by atoms with Gasteiger partial charge in [0.05, 0.1) is 18.9 Å². The van der Waals surface area contributed by atoms with Gasteiger partial charge in [0.25, 0.3) is 0 Å². The van der Waals surface area contributed by atoms with Crippen LogP contribution >= 0.6 is 0 Å². The van der Waals surface area contributed by atoms with E-state index in [0.29, 0.717) is 5.92 Å². The SMILES string of the molecule is CCCCCCCCCCC1COC(c2ccc(-c3ccc(CCCCCCCC)cc3)nc2)OC1. The fourth-order valence-corrected chi connectivity index (χ4v) is 5.14. The summed E-state index contributed by atoms with van der Waals surface area (Å²) in [5.74, 6) is 0.531. The third-order valence-corrected chi connectivity index (χ3v) is 7.56. The van der Waals surface area contributed by atoms with Crippen molar-refractivity contribution in [3.8, 4) is 11.3 Å². The third kappa shape index (κ3) is 10.7. The molecule has 0 saturated carbocycles. The third-order valence-electron chi connectivity index (χ3n) is 7.56. The predicted molar refractivity (Wildman–Crippen MR) is 152 cm³/mol. The van der Waals surface area contributed by atoms with E-state index in [1.165, 1.54) is 114 Å². The lowest BCUT2D eigenvalue weighted by molar-refractivity contribution is -0.206. The van der Waals surface area contributed by atoms with Gasteiger partial charge in [-0.15, -0.1) is 0 Å². The van der Waals surface area contributed by atoms with Crippen molar-refractivity contribution in [2.24, 2.45) is 5.92 Å². The van der Waals surface area contributed by atoms with Gasteiger partial charge in [0, 0.05) is 23.2 Å². The second kappa shape index (κ2) is 17.7. The molecule has 2 aromatic rings. The first kappa shape index (κ1) is 28.9. The number of pyridine rings is 1. The van der Waals surface area contributed by atoms with E-state index in [0.717, 1.165) is 24.5 Å². The Morgan fingerprint density at radius 2 is 1.25 bits per heavy atom. The number of ether oxygens (including phenoxy) is 2. The number of unbranched alkanes of at least 4 members (excludes halogenated alkanes) is 12. The van der Waals surface area contributed by atoms with Crippen LogP contribution in [0.25, 0.3) is 11.3 Å². The fraction of sp³-hybridized carbons (Fsp3) is 0.667. The zero-order valence-electron chi connectivity index (χ0n) is 23.2. The smallest absolute Gasteiger partial charge is 0.185 e. The molecule has 1 aromatic heterocycles. The number of hydrogen-bond acceptors (Lipinski definition) is 3. The number of aryl methyl sites for hydroxylation is 1. The van der Waals surface area contributed by atoms with Crippen molar-refractivity contribution < 1.29 is 9.47 Å². The highest BCUT2D eigenvalue weighted by Crippen LogP contribution is 2.28. The highest BCUT2D eigenvalue weighted by atomic mass is 16.7. The van der Waals surface area contributed by atoms with Crippen molar-refractivity contribution in [1.82, 2.24) is 4.98 Å². The van der Waals surface area contributed by atoms with Gasteiger partial charge in [-0.3, -0.25) is 4.98 Å². The van der Waals surface area contributed by atoms with Crippen molar-refractivity contribution in [2.45, 2.75) is 123 Å². The Hall–Kier alpha value is -1.71. The van der Waals surface area contributed by atoms with E-state index in [4.69, 9.17) is 14.5 Å². The second-order valence-electron chi connectivity index (χ2n) is 10.8. The summed E-state index contributed by atoms with van der Waals surface area (Å²) in [6.45, 7) is 6.14. The Morgan fingerprint density at radius 1 is 0.667 bits per heavy atom. The number of benzene rings is 1. The molecule has 0 N–H and O–H groups in total. The first-order valence-corrected chi connectivity index (χ1v) is 15.1. The zero-order chi connectivity index (χ0) is 25.3. The van der Waals surface area contributed by atoms with Gasteiger partial charge in [-0.05, 0) is 30.9 Å². The van der Waals surface area contributed by atoms with Crippen LogP contribution in [0, 0.1) is 5.92 Å². The van der Waals surface area contributed by atoms with Crippen LogP contribution in [0.5, 0.6) is 0 Å². The second-order valence-corrected chi connectivity index (χ2v) is 10.8. The minimum absolute atomic E-state index is 0.277. The van der Waals surface area contributed by atoms with E-state index >= 15 is 0 Å². The maximum atomic E-state index is 6.07. The molecule has 2 heterocycles. The van der Waals surface area contributed by atoms with E-state index < -0.39 is 0 Å². The van der Waals surface area contributed by atoms with Gasteiger partial charge in [-0.1, -0.05) is 128 Å². The van der Waals surface area contributed by atoms with Gasteiger partial charge in [0.2, 0.25) is 0 Å². The fourth-order valence-electron chi connectivity index (χ4n) is 5.14. The molecule has 200 valence electrons. The van der Waals surface area contributed by atoms with Crippen molar-refractivity contribution in [2.75, 3.05) is 13.2 Å². The van der Waals surface area contributed by atoms with E-state index in [1.54, 1.807) is 0 Å². The molecule has 1 aliphatic rings. The van der Waals surface area contributed by atoms with Gasteiger partial charge < -0.3 is 9.47 Å². The molecule has 1 fully saturated rings. The largest absolute Gasteiger partial charge is 0.348 e. The van der Waals surface area contributed by atoms with Crippen molar-refractivity contribution >= 4 is 0 Å². The van der Waals surface area contributed by atoms with Gasteiger partial charge >= 0.3 is 0 Å². The molecule has 1 aliphatic heterocycles. The van der Waals surface area contributed by atoms with E-state index in [-0.39, 0.29) is 6.29 Å². The van der Waals surface area contributed by atoms with Gasteiger partial charge in [-0.2, -0.15) is 0 Å². The standard InChI is InChI=1S/C33H51NO2/c1-3-5-7-9-11-12-14-16-18-29-26-35-33(36-27-29)31-23-24-32(34-25-31)30-21-19-28(20-22-30)17-15-13-10-8-6-4-2/h19-25,29,33H,3-18,26-27H2,1-2H3. The molecular weight excluding hydrogens is 442 g/mol. The predicted octanol–water partition coefficient (Wildman–Crippen LogP) is 9.84. The molecule has 0 amide bonds. The van der Waals surface area contributed by atoms with Gasteiger partial charge in [-0.25, -0.2) is 0 Å². The molecule has 1 saturated heterocycles. The van der Waals surface area contributed by atoms with E-state index in [2.05, 4.69) is 50.2 Å². The molecule has 0 atom stereocenters. The highest BCUT2D eigenvalue weighted by molar-refractivity contribution is 5.59. The minimum Gasteiger partial charge on any atom is -0.348 e. The Kier molecular flexibility index (Phi) is 14.2. The van der Waals surface area contributed by atoms with E-state index in [9.17, 15) is 0 Å². The van der Waals surface area contributed by atoms with Crippen LogP contribution in [0.1, 0.15) is 128 Å². The lowest BCUT2D eigenvalue weighted by atomic mass is 10.0. The summed E-state index contributed by atoms with van der Waals surface area (Å²) in [5.41, 5.74) is 4.62. The Bertz CT molecular complexity index is 793.